The predicted molar refractivity (Wildman–Crippen MR) is 141 cm³/mol. The van der Waals surface area contributed by atoms with Crippen LogP contribution in [0.25, 0.3) is 27.6 Å². The molecule has 0 atom stereocenters. The van der Waals surface area contributed by atoms with Crippen molar-refractivity contribution in [3.63, 3.8) is 0 Å². The normalized spacial score (nSPS) is 11.2. The lowest BCUT2D eigenvalue weighted by molar-refractivity contribution is -0.113. The van der Waals surface area contributed by atoms with Gasteiger partial charge in [-0.05, 0) is 55.3 Å². The lowest BCUT2D eigenvalue weighted by Gasteiger charge is -2.15. The van der Waals surface area contributed by atoms with Crippen LogP contribution in [0, 0.1) is 13.8 Å². The third kappa shape index (κ3) is 4.40. The number of carbonyl (C=O) groups is 1. The Labute approximate surface area is 206 Å². The van der Waals surface area contributed by atoms with Gasteiger partial charge in [-0.1, -0.05) is 48.2 Å². The van der Waals surface area contributed by atoms with Crippen molar-refractivity contribution in [3.05, 3.63) is 88.2 Å². The number of hydrogen-bond donors (Lipinski definition) is 2. The number of nitrogens with one attached hydrogen (secondary N) is 2. The molecule has 5 rings (SSSR count). The maximum absolute atomic E-state index is 13.7. The van der Waals surface area contributed by atoms with Crippen molar-refractivity contribution >= 4 is 45.3 Å². The first-order valence-electron chi connectivity index (χ1n) is 11.1. The number of benzene rings is 3. The van der Waals surface area contributed by atoms with Gasteiger partial charge in [0.1, 0.15) is 16.8 Å². The van der Waals surface area contributed by atoms with E-state index in [4.69, 9.17) is 9.72 Å². The van der Waals surface area contributed by atoms with Gasteiger partial charge in [0.15, 0.2) is 5.16 Å². The Morgan fingerprint density at radius 2 is 1.77 bits per heavy atom. The molecule has 0 aliphatic rings. The van der Waals surface area contributed by atoms with Crippen LogP contribution in [0.4, 0.5) is 5.69 Å². The summed E-state index contributed by atoms with van der Waals surface area (Å²) in [5.74, 6) is 0.441. The van der Waals surface area contributed by atoms with Gasteiger partial charge in [-0.25, -0.2) is 9.55 Å². The minimum absolute atomic E-state index is 0.0858. The average molecular weight is 485 g/mol. The van der Waals surface area contributed by atoms with Crippen molar-refractivity contribution < 1.29 is 9.53 Å². The SMILES string of the molecule is COc1ccccc1-n1c(SCC(=O)Nc2cc(C)cc(C)c2)nc2c([nH]c3ccccc32)c1=O. The Hall–Kier alpha value is -4.04. The zero-order chi connectivity index (χ0) is 24.5. The molecule has 0 bridgehead atoms. The Kier molecular flexibility index (Phi) is 6.05. The van der Waals surface area contributed by atoms with E-state index >= 15 is 0 Å². The highest BCUT2D eigenvalue weighted by atomic mass is 32.2. The number of para-hydroxylation sites is 3. The zero-order valence-corrected chi connectivity index (χ0v) is 20.4. The van der Waals surface area contributed by atoms with E-state index in [-0.39, 0.29) is 17.2 Å². The Bertz CT molecular complexity index is 1620. The Morgan fingerprint density at radius 1 is 1.06 bits per heavy atom. The molecule has 0 radical (unpaired) electrons. The van der Waals surface area contributed by atoms with Crippen LogP contribution in [0.15, 0.2) is 76.7 Å². The summed E-state index contributed by atoms with van der Waals surface area (Å²) in [5.41, 5.74) is 5.01. The number of thioether (sulfide) groups is 1. The molecule has 0 aliphatic carbocycles. The monoisotopic (exact) mass is 484 g/mol. The first-order chi connectivity index (χ1) is 16.9. The highest BCUT2D eigenvalue weighted by Gasteiger charge is 2.20. The van der Waals surface area contributed by atoms with Crippen molar-refractivity contribution in [1.82, 2.24) is 14.5 Å². The van der Waals surface area contributed by atoms with Gasteiger partial charge in [0.05, 0.1) is 18.6 Å². The first-order valence-corrected chi connectivity index (χ1v) is 12.1. The topological polar surface area (TPSA) is 89.0 Å². The third-order valence-electron chi connectivity index (χ3n) is 5.66. The fourth-order valence-corrected chi connectivity index (χ4v) is 5.04. The zero-order valence-electron chi connectivity index (χ0n) is 19.6. The van der Waals surface area contributed by atoms with Crippen LogP contribution in [0.3, 0.4) is 0 Å². The lowest BCUT2D eigenvalue weighted by atomic mass is 10.1. The van der Waals surface area contributed by atoms with E-state index in [1.165, 1.54) is 16.3 Å². The van der Waals surface area contributed by atoms with Gasteiger partial charge in [0, 0.05) is 16.6 Å². The van der Waals surface area contributed by atoms with E-state index in [1.807, 2.05) is 62.4 Å². The number of carbonyl (C=O) groups excluding carboxylic acids is 1. The number of hydrogen-bond acceptors (Lipinski definition) is 5. The van der Waals surface area contributed by atoms with Crippen molar-refractivity contribution in [3.8, 4) is 11.4 Å². The number of ether oxygens (including phenoxy) is 1. The fraction of sp³-hybridized carbons (Fsp3) is 0.148. The number of anilines is 1. The minimum atomic E-state index is -0.257. The van der Waals surface area contributed by atoms with E-state index in [0.717, 1.165) is 27.7 Å². The second-order valence-corrected chi connectivity index (χ2v) is 9.26. The van der Waals surface area contributed by atoms with E-state index in [9.17, 15) is 9.59 Å². The maximum Gasteiger partial charge on any atom is 0.283 e. The molecule has 2 heterocycles. The number of amides is 1. The number of methoxy groups -OCH3 is 1. The van der Waals surface area contributed by atoms with E-state index in [0.29, 0.717) is 27.6 Å². The summed E-state index contributed by atoms with van der Waals surface area (Å²) in [6.07, 6.45) is 0. The molecule has 0 spiro atoms. The molecule has 3 aromatic carbocycles. The summed E-state index contributed by atoms with van der Waals surface area (Å²) in [5, 5.41) is 4.21. The van der Waals surface area contributed by atoms with Crippen molar-refractivity contribution in [2.75, 3.05) is 18.2 Å². The molecule has 7 nitrogen and oxygen atoms in total. The van der Waals surface area contributed by atoms with Gasteiger partial charge in [0.25, 0.3) is 5.56 Å². The van der Waals surface area contributed by atoms with Crippen molar-refractivity contribution in [2.24, 2.45) is 0 Å². The quantitative estimate of drug-likeness (QED) is 0.255. The molecule has 0 aliphatic heterocycles. The summed E-state index contributed by atoms with van der Waals surface area (Å²) in [6, 6.07) is 20.8. The second-order valence-electron chi connectivity index (χ2n) is 8.31. The molecule has 1 amide bonds. The minimum Gasteiger partial charge on any atom is -0.495 e. The number of rotatable bonds is 6. The standard InChI is InChI=1S/C27H24N4O3S/c1-16-12-17(2)14-18(13-16)28-23(32)15-35-27-30-24-19-8-4-5-9-20(19)29-25(24)26(33)31(27)21-10-6-7-11-22(21)34-3/h4-14,29H,15H2,1-3H3,(H,28,32). The number of aromatic nitrogens is 3. The third-order valence-corrected chi connectivity index (χ3v) is 6.60. The molecule has 0 fully saturated rings. The van der Waals surface area contributed by atoms with Crippen LogP contribution >= 0.6 is 11.8 Å². The van der Waals surface area contributed by atoms with Crippen molar-refractivity contribution in [1.29, 1.82) is 0 Å². The molecule has 5 aromatic rings. The smallest absolute Gasteiger partial charge is 0.283 e. The lowest BCUT2D eigenvalue weighted by Crippen LogP contribution is -2.23. The highest BCUT2D eigenvalue weighted by molar-refractivity contribution is 7.99. The molecule has 0 saturated carbocycles. The first kappa shape index (κ1) is 22.7. The summed E-state index contributed by atoms with van der Waals surface area (Å²) < 4.78 is 7.03. The largest absolute Gasteiger partial charge is 0.495 e. The predicted octanol–water partition coefficient (Wildman–Crippen LogP) is 5.22. The number of fused-ring (bicyclic) bond motifs is 3. The van der Waals surface area contributed by atoms with E-state index in [1.54, 1.807) is 19.2 Å². The molecular weight excluding hydrogens is 460 g/mol. The number of aromatic amines is 1. The van der Waals surface area contributed by atoms with Gasteiger partial charge in [-0.3, -0.25) is 9.59 Å². The second kappa shape index (κ2) is 9.31. The van der Waals surface area contributed by atoms with Crippen LogP contribution in [0.5, 0.6) is 5.75 Å². The fourth-order valence-electron chi connectivity index (χ4n) is 4.24. The summed E-state index contributed by atoms with van der Waals surface area (Å²) in [4.78, 5) is 34.6. The van der Waals surface area contributed by atoms with Gasteiger partial charge in [-0.15, -0.1) is 0 Å². The van der Waals surface area contributed by atoms with Crippen LogP contribution in [0.1, 0.15) is 11.1 Å². The molecule has 2 aromatic heterocycles. The molecule has 0 unspecified atom stereocenters. The Morgan fingerprint density at radius 3 is 2.54 bits per heavy atom. The number of aryl methyl sites for hydroxylation is 2. The number of nitrogens with zero attached hydrogens (tertiary/aromatic N) is 2. The molecule has 0 saturated heterocycles. The van der Waals surface area contributed by atoms with Crippen LogP contribution < -0.4 is 15.6 Å². The van der Waals surface area contributed by atoms with Crippen LogP contribution in [-0.2, 0) is 4.79 Å². The average Bonchev–Trinajstić information content (AvgIpc) is 3.21. The van der Waals surface area contributed by atoms with Gasteiger partial charge < -0.3 is 15.0 Å². The molecule has 8 heteroatoms. The van der Waals surface area contributed by atoms with Gasteiger partial charge in [0.2, 0.25) is 5.91 Å². The summed E-state index contributed by atoms with van der Waals surface area (Å²) in [6.45, 7) is 3.98. The van der Waals surface area contributed by atoms with E-state index < -0.39 is 0 Å². The molecular formula is C27H24N4O3S. The van der Waals surface area contributed by atoms with Crippen LogP contribution in [-0.4, -0.2) is 33.3 Å². The molecule has 176 valence electrons. The number of H-pyrrole nitrogens is 1. The Balaban J connectivity index is 1.58. The van der Waals surface area contributed by atoms with Gasteiger partial charge in [-0.2, -0.15) is 0 Å². The highest BCUT2D eigenvalue weighted by Crippen LogP contribution is 2.29. The van der Waals surface area contributed by atoms with Crippen LogP contribution in [0.2, 0.25) is 0 Å². The maximum atomic E-state index is 13.7. The van der Waals surface area contributed by atoms with Gasteiger partial charge >= 0.3 is 0 Å². The molecule has 2 N–H and O–H groups in total. The summed E-state index contributed by atoms with van der Waals surface area (Å²) >= 11 is 1.21. The van der Waals surface area contributed by atoms with E-state index in [2.05, 4.69) is 16.4 Å². The van der Waals surface area contributed by atoms with Crippen molar-refractivity contribution in [2.45, 2.75) is 19.0 Å². The summed E-state index contributed by atoms with van der Waals surface area (Å²) in [7, 11) is 1.56. The molecule has 35 heavy (non-hydrogen) atoms.